The van der Waals surface area contributed by atoms with Crippen LogP contribution in [0.4, 0.5) is 0 Å². The smallest absolute Gasteiger partial charge is 0.140 e. The Balaban J connectivity index is 0.000000801. The number of hydrogen-bond donors (Lipinski definition) is 2. The summed E-state index contributed by atoms with van der Waals surface area (Å²) in [5.41, 5.74) is 0.598. The Morgan fingerprint density at radius 2 is 1.90 bits per heavy atom. The molecule has 1 heterocycles. The van der Waals surface area contributed by atoms with Crippen LogP contribution >= 0.6 is 0 Å². The summed E-state index contributed by atoms with van der Waals surface area (Å²) in [6.07, 6.45) is 3.50. The van der Waals surface area contributed by atoms with E-state index < -0.39 is 6.10 Å². The second-order valence-electron chi connectivity index (χ2n) is 10.7. The molecule has 0 aromatic heterocycles. The lowest BCUT2D eigenvalue weighted by Gasteiger charge is -2.65. The third kappa shape index (κ3) is 1.98. The van der Waals surface area contributed by atoms with Crippen molar-refractivity contribution in [1.29, 1.82) is 0 Å². The van der Waals surface area contributed by atoms with Gasteiger partial charge in [0.05, 0.1) is 12.2 Å². The van der Waals surface area contributed by atoms with E-state index in [-0.39, 0.29) is 56.4 Å². The van der Waals surface area contributed by atoms with Crippen LogP contribution < -0.4 is 0 Å². The van der Waals surface area contributed by atoms with E-state index in [0.717, 1.165) is 44.3 Å². The molecule has 6 rings (SSSR count). The van der Waals surface area contributed by atoms with E-state index in [1.165, 1.54) is 0 Å². The zero-order valence-corrected chi connectivity index (χ0v) is 17.4. The van der Waals surface area contributed by atoms with Gasteiger partial charge in [0.1, 0.15) is 5.78 Å². The number of nitrogens with zero attached hydrogens (tertiary/aromatic N) is 1. The normalized spacial score (nSPS) is 56.2. The van der Waals surface area contributed by atoms with Crippen molar-refractivity contribution >= 4 is 5.78 Å². The number of carbonyl (C=O) groups is 1. The standard InChI is InChI=1S/C22H31NO3.3H2O/c1-4-23-10-20(3)6-5-17(25)22-15(20)7-13(18(22)23)21-9-12(11(2)19(21)26)14(24)8-16(21)22;;;/h12-13,15-19,25-26H,2,4-10H2,1,3H3;3*1H2. The quantitative estimate of drug-likeness (QED) is 0.559. The topological polar surface area (TPSA) is 155 Å². The SMILES string of the molecule is C=C1C2CC3(C1O)C1CC4C5(C)CCC(O)C4(C1N(CC)C5)C3CC2=O.O.O.O. The second-order valence-corrected chi connectivity index (χ2v) is 10.7. The molecule has 6 fully saturated rings. The van der Waals surface area contributed by atoms with Gasteiger partial charge in [0.15, 0.2) is 0 Å². The molecule has 5 saturated carbocycles. The third-order valence-corrected chi connectivity index (χ3v) is 10.4. The predicted molar refractivity (Wildman–Crippen MR) is 108 cm³/mol. The highest BCUT2D eigenvalue weighted by Crippen LogP contribution is 2.83. The van der Waals surface area contributed by atoms with Crippen LogP contribution in [0.2, 0.25) is 0 Å². The number of piperidine rings is 1. The van der Waals surface area contributed by atoms with Gasteiger partial charge in [0.25, 0.3) is 0 Å². The average Bonchev–Trinajstić information content (AvgIpc) is 3.14. The minimum atomic E-state index is -0.561. The molecule has 7 heteroatoms. The fraction of sp³-hybridized carbons (Fsp3) is 0.864. The first-order valence-electron chi connectivity index (χ1n) is 10.6. The Morgan fingerprint density at radius 1 is 1.21 bits per heavy atom. The lowest BCUT2D eigenvalue weighted by Crippen LogP contribution is -2.68. The van der Waals surface area contributed by atoms with Gasteiger partial charge in [-0.25, -0.2) is 0 Å². The predicted octanol–water partition coefficient (Wildman–Crippen LogP) is -0.474. The van der Waals surface area contributed by atoms with Crippen molar-refractivity contribution in [2.45, 2.75) is 64.2 Å². The molecule has 7 nitrogen and oxygen atoms in total. The molecule has 29 heavy (non-hydrogen) atoms. The average molecular weight is 412 g/mol. The van der Waals surface area contributed by atoms with Crippen molar-refractivity contribution in [3.63, 3.8) is 0 Å². The molecule has 1 saturated heterocycles. The molecule has 10 unspecified atom stereocenters. The molecule has 5 aliphatic carbocycles. The molecule has 166 valence electrons. The zero-order chi connectivity index (χ0) is 18.2. The monoisotopic (exact) mass is 411 g/mol. The maximum Gasteiger partial charge on any atom is 0.140 e. The van der Waals surface area contributed by atoms with Crippen LogP contribution in [-0.4, -0.2) is 68.7 Å². The van der Waals surface area contributed by atoms with Gasteiger partial charge in [0, 0.05) is 35.8 Å². The van der Waals surface area contributed by atoms with Gasteiger partial charge in [-0.15, -0.1) is 0 Å². The van der Waals surface area contributed by atoms with Crippen LogP contribution in [0.1, 0.15) is 46.0 Å². The number of aliphatic hydroxyl groups is 2. The van der Waals surface area contributed by atoms with E-state index in [1.807, 2.05) is 0 Å². The van der Waals surface area contributed by atoms with Crippen LogP contribution in [-0.2, 0) is 4.79 Å². The van der Waals surface area contributed by atoms with Crippen molar-refractivity contribution in [3.05, 3.63) is 12.2 Å². The summed E-state index contributed by atoms with van der Waals surface area (Å²) in [4.78, 5) is 15.6. The Labute approximate surface area is 172 Å². The maximum absolute atomic E-state index is 13.0. The molecule has 0 amide bonds. The minimum Gasteiger partial charge on any atom is -0.412 e. The Bertz CT molecular complexity index is 743. The Hall–Kier alpha value is -0.830. The summed E-state index contributed by atoms with van der Waals surface area (Å²) >= 11 is 0. The van der Waals surface area contributed by atoms with E-state index in [2.05, 4.69) is 25.3 Å². The molecule has 7 bridgehead atoms. The first-order valence-corrected chi connectivity index (χ1v) is 10.6. The fourth-order valence-corrected chi connectivity index (χ4v) is 9.75. The Morgan fingerprint density at radius 3 is 2.55 bits per heavy atom. The highest BCUT2D eigenvalue weighted by atomic mass is 16.3. The summed E-state index contributed by atoms with van der Waals surface area (Å²) in [5.74, 6) is 1.16. The second kappa shape index (κ2) is 6.34. The lowest BCUT2D eigenvalue weighted by atomic mass is 9.43. The number of likely N-dealkylation sites (tertiary alicyclic amines) is 1. The molecule has 8 N–H and O–H groups in total. The van der Waals surface area contributed by atoms with E-state index in [0.29, 0.717) is 24.3 Å². The molecule has 6 aliphatic rings. The number of carbonyl (C=O) groups excluding carboxylic acids is 1. The molecule has 0 radical (unpaired) electrons. The van der Waals surface area contributed by atoms with Crippen molar-refractivity contribution in [3.8, 4) is 0 Å². The van der Waals surface area contributed by atoms with Crippen molar-refractivity contribution in [2.24, 2.45) is 39.9 Å². The fourth-order valence-electron chi connectivity index (χ4n) is 9.75. The largest absolute Gasteiger partial charge is 0.412 e. The van der Waals surface area contributed by atoms with Crippen LogP contribution in [0.15, 0.2) is 12.2 Å². The number of fused-ring (bicyclic) bond motifs is 1. The minimum absolute atomic E-state index is 0. The number of Topliss-reactive ketones (excluding diaryl/α,β-unsaturated/α-hetero) is 1. The zero-order valence-electron chi connectivity index (χ0n) is 17.4. The molecule has 10 atom stereocenters. The van der Waals surface area contributed by atoms with Crippen LogP contribution in [0.5, 0.6) is 0 Å². The molecular formula is C22H37NO6. The number of aliphatic hydroxyl groups excluding tert-OH is 2. The van der Waals surface area contributed by atoms with Crippen molar-refractivity contribution in [1.82, 2.24) is 4.90 Å². The van der Waals surface area contributed by atoms with Gasteiger partial charge in [-0.1, -0.05) is 20.4 Å². The van der Waals surface area contributed by atoms with E-state index in [4.69, 9.17) is 0 Å². The van der Waals surface area contributed by atoms with Gasteiger partial charge in [-0.3, -0.25) is 9.69 Å². The molecular weight excluding hydrogens is 374 g/mol. The summed E-state index contributed by atoms with van der Waals surface area (Å²) in [6.45, 7) is 10.9. The van der Waals surface area contributed by atoms with E-state index in [9.17, 15) is 15.0 Å². The first kappa shape index (κ1) is 22.8. The van der Waals surface area contributed by atoms with Crippen LogP contribution in [0.25, 0.3) is 0 Å². The molecule has 2 spiro atoms. The number of rotatable bonds is 1. The van der Waals surface area contributed by atoms with Crippen LogP contribution in [0.3, 0.4) is 0 Å². The van der Waals surface area contributed by atoms with E-state index >= 15 is 0 Å². The van der Waals surface area contributed by atoms with Gasteiger partial charge >= 0.3 is 0 Å². The summed E-state index contributed by atoms with van der Waals surface area (Å²) < 4.78 is 0. The highest BCUT2D eigenvalue weighted by molar-refractivity contribution is 5.87. The van der Waals surface area contributed by atoms with Crippen molar-refractivity contribution < 1.29 is 31.4 Å². The first-order chi connectivity index (χ1) is 12.3. The van der Waals surface area contributed by atoms with Gasteiger partial charge < -0.3 is 26.6 Å². The summed E-state index contributed by atoms with van der Waals surface area (Å²) in [7, 11) is 0. The summed E-state index contributed by atoms with van der Waals surface area (Å²) in [6, 6.07) is 0.331. The summed E-state index contributed by atoms with van der Waals surface area (Å²) in [5, 5.41) is 22.8. The molecule has 0 aromatic carbocycles. The lowest BCUT2D eigenvalue weighted by molar-refractivity contribution is -0.211. The third-order valence-electron chi connectivity index (χ3n) is 10.4. The number of hydrogen-bond acceptors (Lipinski definition) is 4. The van der Waals surface area contributed by atoms with E-state index in [1.54, 1.807) is 0 Å². The molecule has 1 aliphatic heterocycles. The number of ketones is 1. The Kier molecular flexibility index (Phi) is 5.00. The van der Waals surface area contributed by atoms with Crippen LogP contribution in [0, 0.1) is 39.9 Å². The van der Waals surface area contributed by atoms with Gasteiger partial charge in [-0.2, -0.15) is 0 Å². The van der Waals surface area contributed by atoms with Crippen molar-refractivity contribution in [2.75, 3.05) is 13.1 Å². The van der Waals surface area contributed by atoms with Gasteiger partial charge in [0.2, 0.25) is 0 Å². The highest BCUT2D eigenvalue weighted by Gasteiger charge is 2.85. The van der Waals surface area contributed by atoms with Gasteiger partial charge in [-0.05, 0) is 61.0 Å². The maximum atomic E-state index is 13.0. The molecule has 0 aromatic rings.